The molecule has 0 aliphatic carbocycles. The van der Waals surface area contributed by atoms with E-state index in [-0.39, 0.29) is 18.4 Å². The van der Waals surface area contributed by atoms with Crippen molar-refractivity contribution < 1.29 is 19.1 Å². The van der Waals surface area contributed by atoms with E-state index in [1.54, 1.807) is 6.92 Å². The first-order chi connectivity index (χ1) is 12.5. The molecule has 0 unspecified atom stereocenters. The van der Waals surface area contributed by atoms with Gasteiger partial charge in [0.2, 0.25) is 0 Å². The van der Waals surface area contributed by atoms with Crippen LogP contribution < -0.4 is 0 Å². The lowest BCUT2D eigenvalue weighted by Crippen LogP contribution is -2.45. The Labute approximate surface area is 152 Å². The van der Waals surface area contributed by atoms with Gasteiger partial charge >= 0.3 is 5.97 Å². The van der Waals surface area contributed by atoms with Crippen molar-refractivity contribution in [2.75, 3.05) is 19.7 Å². The summed E-state index contributed by atoms with van der Waals surface area (Å²) in [6, 6.07) is 7.56. The van der Waals surface area contributed by atoms with Crippen LogP contribution in [0.5, 0.6) is 0 Å². The number of carbonyl (C=O) groups is 3. The van der Waals surface area contributed by atoms with Crippen LogP contribution in [-0.2, 0) is 21.4 Å². The molecule has 1 atom stereocenters. The van der Waals surface area contributed by atoms with Crippen molar-refractivity contribution in [2.45, 2.75) is 26.7 Å². The third-order valence-corrected chi connectivity index (χ3v) is 5.15. The number of amides is 1. The molecule has 1 aromatic heterocycles. The highest BCUT2D eigenvalue weighted by Crippen LogP contribution is 2.26. The SMILES string of the molecule is CCOC(=O)[C@H]1CCCN(C(=O)C(=O)c2c(C)n(C)c3ccccc23)C1. The van der Waals surface area contributed by atoms with Crippen LogP contribution in [0.2, 0.25) is 0 Å². The van der Waals surface area contributed by atoms with Gasteiger partial charge in [-0.15, -0.1) is 0 Å². The van der Waals surface area contributed by atoms with Crippen LogP contribution in [-0.4, -0.2) is 46.8 Å². The van der Waals surface area contributed by atoms with Crippen LogP contribution in [0, 0.1) is 12.8 Å². The molecule has 1 fully saturated rings. The van der Waals surface area contributed by atoms with Crippen molar-refractivity contribution in [3.63, 3.8) is 0 Å². The fourth-order valence-corrected chi connectivity index (χ4v) is 3.67. The van der Waals surface area contributed by atoms with Crippen LogP contribution >= 0.6 is 0 Å². The number of fused-ring (bicyclic) bond motifs is 1. The number of carbonyl (C=O) groups excluding carboxylic acids is 3. The van der Waals surface area contributed by atoms with E-state index in [1.807, 2.05) is 42.8 Å². The summed E-state index contributed by atoms with van der Waals surface area (Å²) in [6.45, 7) is 4.66. The molecule has 1 aliphatic heterocycles. The van der Waals surface area contributed by atoms with Crippen LogP contribution in [0.4, 0.5) is 0 Å². The van der Waals surface area contributed by atoms with Gasteiger partial charge in [0, 0.05) is 36.7 Å². The maximum atomic E-state index is 13.0. The molecule has 138 valence electrons. The topological polar surface area (TPSA) is 68.6 Å². The van der Waals surface area contributed by atoms with E-state index in [9.17, 15) is 14.4 Å². The molecule has 0 N–H and O–H groups in total. The van der Waals surface area contributed by atoms with Gasteiger partial charge in [-0.2, -0.15) is 0 Å². The van der Waals surface area contributed by atoms with E-state index in [1.165, 1.54) is 4.90 Å². The summed E-state index contributed by atoms with van der Waals surface area (Å²) in [7, 11) is 1.89. The number of aromatic nitrogens is 1. The zero-order chi connectivity index (χ0) is 18.8. The molecule has 0 radical (unpaired) electrons. The quantitative estimate of drug-likeness (QED) is 0.479. The Kier molecular flexibility index (Phi) is 5.11. The minimum atomic E-state index is -0.543. The first kappa shape index (κ1) is 18.2. The third kappa shape index (κ3) is 3.11. The highest BCUT2D eigenvalue weighted by atomic mass is 16.5. The molecule has 1 amide bonds. The largest absolute Gasteiger partial charge is 0.466 e. The van der Waals surface area contributed by atoms with Gasteiger partial charge in [0.15, 0.2) is 0 Å². The maximum absolute atomic E-state index is 13.0. The van der Waals surface area contributed by atoms with Crippen molar-refractivity contribution in [3.8, 4) is 0 Å². The number of likely N-dealkylation sites (tertiary alicyclic amines) is 1. The summed E-state index contributed by atoms with van der Waals surface area (Å²) < 4.78 is 6.99. The molecule has 3 rings (SSSR count). The fourth-order valence-electron chi connectivity index (χ4n) is 3.67. The van der Waals surface area contributed by atoms with Crippen molar-refractivity contribution in [3.05, 3.63) is 35.5 Å². The molecular weight excluding hydrogens is 332 g/mol. The molecule has 26 heavy (non-hydrogen) atoms. The average molecular weight is 356 g/mol. The van der Waals surface area contributed by atoms with E-state index in [0.29, 0.717) is 31.6 Å². The third-order valence-electron chi connectivity index (χ3n) is 5.15. The van der Waals surface area contributed by atoms with Gasteiger partial charge in [-0.3, -0.25) is 14.4 Å². The maximum Gasteiger partial charge on any atom is 0.310 e. The summed E-state index contributed by atoms with van der Waals surface area (Å²) >= 11 is 0. The number of hydrogen-bond acceptors (Lipinski definition) is 4. The Morgan fingerprint density at radius 3 is 2.69 bits per heavy atom. The van der Waals surface area contributed by atoms with Crippen LogP contribution in [0.3, 0.4) is 0 Å². The van der Waals surface area contributed by atoms with E-state index in [2.05, 4.69) is 0 Å². The molecule has 6 nitrogen and oxygen atoms in total. The number of piperidine rings is 1. The lowest BCUT2D eigenvalue weighted by molar-refractivity contribution is -0.150. The van der Waals surface area contributed by atoms with Crippen LogP contribution in [0.15, 0.2) is 24.3 Å². The molecule has 0 bridgehead atoms. The second-order valence-electron chi connectivity index (χ2n) is 6.71. The number of rotatable bonds is 4. The van der Waals surface area contributed by atoms with Crippen molar-refractivity contribution in [1.82, 2.24) is 9.47 Å². The normalized spacial score (nSPS) is 17.3. The summed E-state index contributed by atoms with van der Waals surface area (Å²) in [6.07, 6.45) is 1.38. The number of aryl methyl sites for hydroxylation is 1. The number of ketones is 1. The molecule has 2 aromatic rings. The Balaban J connectivity index is 1.86. The number of ether oxygens (including phenoxy) is 1. The molecule has 0 saturated carbocycles. The zero-order valence-corrected chi connectivity index (χ0v) is 15.4. The molecule has 0 spiro atoms. The second kappa shape index (κ2) is 7.32. The first-order valence-corrected chi connectivity index (χ1v) is 9.00. The van der Waals surface area contributed by atoms with Crippen LogP contribution in [0.1, 0.15) is 35.8 Å². The number of benzene rings is 1. The zero-order valence-electron chi connectivity index (χ0n) is 15.4. The van der Waals surface area contributed by atoms with Crippen molar-refractivity contribution >= 4 is 28.6 Å². The second-order valence-corrected chi connectivity index (χ2v) is 6.71. The molecule has 1 aliphatic rings. The monoisotopic (exact) mass is 356 g/mol. The summed E-state index contributed by atoms with van der Waals surface area (Å²) in [5.74, 6) is -1.70. The van der Waals surface area contributed by atoms with Crippen LogP contribution in [0.25, 0.3) is 10.9 Å². The van der Waals surface area contributed by atoms with Gasteiger partial charge in [0.1, 0.15) is 0 Å². The summed E-state index contributed by atoms with van der Waals surface area (Å²) in [5, 5.41) is 0.782. The Morgan fingerprint density at radius 1 is 1.23 bits per heavy atom. The lowest BCUT2D eigenvalue weighted by Gasteiger charge is -2.31. The Hall–Kier alpha value is -2.63. The van der Waals surface area contributed by atoms with Gasteiger partial charge in [-0.1, -0.05) is 18.2 Å². The predicted molar refractivity (Wildman–Crippen MR) is 97.9 cm³/mol. The highest BCUT2D eigenvalue weighted by Gasteiger charge is 2.34. The Morgan fingerprint density at radius 2 is 1.96 bits per heavy atom. The molecule has 1 aromatic carbocycles. The van der Waals surface area contributed by atoms with Gasteiger partial charge in [0.25, 0.3) is 11.7 Å². The number of nitrogens with zero attached hydrogens (tertiary/aromatic N) is 2. The predicted octanol–water partition coefficient (Wildman–Crippen LogP) is 2.47. The minimum Gasteiger partial charge on any atom is -0.466 e. The molecule has 6 heteroatoms. The average Bonchev–Trinajstić information content (AvgIpc) is 2.92. The fraction of sp³-hybridized carbons (Fsp3) is 0.450. The molecule has 1 saturated heterocycles. The number of Topliss-reactive ketones (excluding diaryl/α,β-unsaturated/α-hetero) is 1. The van der Waals surface area contributed by atoms with E-state index >= 15 is 0 Å². The number of hydrogen-bond donors (Lipinski definition) is 0. The van der Waals surface area contributed by atoms with Crippen molar-refractivity contribution in [1.29, 1.82) is 0 Å². The number of para-hydroxylation sites is 1. The standard InChI is InChI=1S/C20H24N2O4/c1-4-26-20(25)14-8-7-11-22(12-14)19(24)18(23)17-13(2)21(3)16-10-6-5-9-15(16)17/h5-6,9-10,14H,4,7-8,11-12H2,1-3H3/t14-/m0/s1. The van der Waals surface area contributed by atoms with Crippen molar-refractivity contribution in [2.24, 2.45) is 13.0 Å². The van der Waals surface area contributed by atoms with E-state index < -0.39 is 11.7 Å². The highest BCUT2D eigenvalue weighted by molar-refractivity contribution is 6.45. The smallest absolute Gasteiger partial charge is 0.310 e. The first-order valence-electron chi connectivity index (χ1n) is 9.00. The van der Waals surface area contributed by atoms with Gasteiger partial charge < -0.3 is 14.2 Å². The molecular formula is C20H24N2O4. The van der Waals surface area contributed by atoms with E-state index in [4.69, 9.17) is 4.74 Å². The summed E-state index contributed by atoms with van der Waals surface area (Å²) in [5.41, 5.74) is 2.14. The molecule has 2 heterocycles. The van der Waals surface area contributed by atoms with Gasteiger partial charge in [-0.05, 0) is 32.8 Å². The summed E-state index contributed by atoms with van der Waals surface area (Å²) in [4.78, 5) is 39.3. The van der Waals surface area contributed by atoms with Gasteiger partial charge in [0.05, 0.1) is 18.1 Å². The Bertz CT molecular complexity index is 868. The lowest BCUT2D eigenvalue weighted by atomic mass is 9.97. The van der Waals surface area contributed by atoms with Gasteiger partial charge in [-0.25, -0.2) is 0 Å². The minimum absolute atomic E-state index is 0.243. The van der Waals surface area contributed by atoms with E-state index in [0.717, 1.165) is 16.6 Å². The number of esters is 1.